The third kappa shape index (κ3) is 6.41. The molecular formula is C23H27N3OS2. The van der Waals surface area contributed by atoms with Crippen LogP contribution < -0.4 is 5.32 Å². The molecule has 1 aromatic carbocycles. The van der Waals surface area contributed by atoms with Crippen LogP contribution >= 0.6 is 23.1 Å². The standard InChI is InChI=1S/C23H27N3OS2/c1-4-18-7-9-20(10-8-18)23-26-17(3)21(29-23)14-28-15-22(27)24-12-11-19-6-5-16(2)25-13-19/h5-10,13H,4,11-12,14-15H2,1-3H3,(H,24,27). The fraction of sp³-hybridized carbons (Fsp3) is 0.348. The second kappa shape index (κ2) is 10.6. The molecule has 0 spiro atoms. The van der Waals surface area contributed by atoms with Gasteiger partial charge in [0.25, 0.3) is 0 Å². The predicted molar refractivity (Wildman–Crippen MR) is 124 cm³/mol. The van der Waals surface area contributed by atoms with E-state index in [0.717, 1.165) is 46.1 Å². The van der Waals surface area contributed by atoms with Crippen molar-refractivity contribution in [1.82, 2.24) is 15.3 Å². The monoisotopic (exact) mass is 425 g/mol. The molecule has 1 amide bonds. The normalized spacial score (nSPS) is 10.9. The van der Waals surface area contributed by atoms with E-state index >= 15 is 0 Å². The van der Waals surface area contributed by atoms with Gasteiger partial charge >= 0.3 is 0 Å². The van der Waals surface area contributed by atoms with Gasteiger partial charge in [0, 0.05) is 34.6 Å². The van der Waals surface area contributed by atoms with E-state index in [1.54, 1.807) is 23.1 Å². The quantitative estimate of drug-likeness (QED) is 0.525. The van der Waals surface area contributed by atoms with Gasteiger partial charge in [0.2, 0.25) is 5.91 Å². The van der Waals surface area contributed by atoms with E-state index in [-0.39, 0.29) is 5.91 Å². The summed E-state index contributed by atoms with van der Waals surface area (Å²) in [7, 11) is 0. The number of aromatic nitrogens is 2. The minimum Gasteiger partial charge on any atom is -0.355 e. The molecule has 0 unspecified atom stereocenters. The number of rotatable bonds is 9. The number of nitrogens with one attached hydrogen (secondary N) is 1. The zero-order chi connectivity index (χ0) is 20.6. The lowest BCUT2D eigenvalue weighted by Gasteiger charge is -2.05. The van der Waals surface area contributed by atoms with Crippen molar-refractivity contribution in [3.05, 3.63) is 70.0 Å². The Morgan fingerprint density at radius 3 is 2.55 bits per heavy atom. The number of pyridine rings is 1. The highest BCUT2D eigenvalue weighted by molar-refractivity contribution is 7.99. The molecular weight excluding hydrogens is 398 g/mol. The van der Waals surface area contributed by atoms with Gasteiger partial charge in [-0.2, -0.15) is 0 Å². The minimum atomic E-state index is 0.0765. The van der Waals surface area contributed by atoms with Gasteiger partial charge in [-0.1, -0.05) is 37.3 Å². The van der Waals surface area contributed by atoms with Crippen LogP contribution in [0.1, 0.15) is 34.3 Å². The zero-order valence-electron chi connectivity index (χ0n) is 17.2. The maximum Gasteiger partial charge on any atom is 0.230 e. The Hall–Kier alpha value is -2.18. The molecule has 0 aliphatic carbocycles. The topological polar surface area (TPSA) is 54.9 Å². The fourth-order valence-electron chi connectivity index (χ4n) is 2.85. The average Bonchev–Trinajstić information content (AvgIpc) is 3.10. The van der Waals surface area contributed by atoms with Crippen LogP contribution in [0, 0.1) is 13.8 Å². The molecule has 0 fully saturated rings. The van der Waals surface area contributed by atoms with Crippen molar-refractivity contribution in [2.45, 2.75) is 39.4 Å². The summed E-state index contributed by atoms with van der Waals surface area (Å²) in [6.07, 6.45) is 3.72. The van der Waals surface area contributed by atoms with Crippen molar-refractivity contribution in [1.29, 1.82) is 0 Å². The van der Waals surface area contributed by atoms with Gasteiger partial charge in [0.05, 0.1) is 11.4 Å². The predicted octanol–water partition coefficient (Wildman–Crippen LogP) is 4.98. The summed E-state index contributed by atoms with van der Waals surface area (Å²) in [4.78, 5) is 22.3. The summed E-state index contributed by atoms with van der Waals surface area (Å²) < 4.78 is 0. The number of carbonyl (C=O) groups excluding carboxylic acids is 1. The molecule has 0 saturated carbocycles. The largest absolute Gasteiger partial charge is 0.355 e. The number of aryl methyl sites for hydroxylation is 3. The number of thioether (sulfide) groups is 1. The third-order valence-corrected chi connectivity index (χ3v) is 7.02. The van der Waals surface area contributed by atoms with E-state index < -0.39 is 0 Å². The number of thiazole rings is 1. The van der Waals surface area contributed by atoms with Gasteiger partial charge in [-0.3, -0.25) is 9.78 Å². The molecule has 0 bridgehead atoms. The Kier molecular flexibility index (Phi) is 7.83. The second-order valence-electron chi connectivity index (χ2n) is 6.98. The van der Waals surface area contributed by atoms with E-state index in [1.807, 2.05) is 26.1 Å². The molecule has 4 nitrogen and oxygen atoms in total. The summed E-state index contributed by atoms with van der Waals surface area (Å²) in [6, 6.07) is 12.7. The van der Waals surface area contributed by atoms with Crippen molar-refractivity contribution in [2.24, 2.45) is 0 Å². The Morgan fingerprint density at radius 1 is 1.10 bits per heavy atom. The number of benzene rings is 1. The summed E-state index contributed by atoms with van der Waals surface area (Å²) >= 11 is 3.36. The van der Waals surface area contributed by atoms with Crippen LogP contribution in [0.3, 0.4) is 0 Å². The van der Waals surface area contributed by atoms with Crippen LogP contribution in [0.25, 0.3) is 10.6 Å². The van der Waals surface area contributed by atoms with Crippen molar-refractivity contribution in [2.75, 3.05) is 12.3 Å². The molecule has 152 valence electrons. The molecule has 0 atom stereocenters. The molecule has 0 radical (unpaired) electrons. The summed E-state index contributed by atoms with van der Waals surface area (Å²) in [5.41, 5.74) is 5.71. The Balaban J connectivity index is 1.43. The lowest BCUT2D eigenvalue weighted by molar-refractivity contribution is -0.118. The Morgan fingerprint density at radius 2 is 1.86 bits per heavy atom. The first kappa shape index (κ1) is 21.5. The van der Waals surface area contributed by atoms with Crippen molar-refractivity contribution in [3.8, 4) is 10.6 Å². The van der Waals surface area contributed by atoms with E-state index in [2.05, 4.69) is 47.6 Å². The van der Waals surface area contributed by atoms with Gasteiger partial charge in [-0.15, -0.1) is 23.1 Å². The van der Waals surface area contributed by atoms with E-state index in [0.29, 0.717) is 12.3 Å². The maximum absolute atomic E-state index is 12.1. The molecule has 29 heavy (non-hydrogen) atoms. The van der Waals surface area contributed by atoms with Crippen LogP contribution in [0.2, 0.25) is 0 Å². The molecule has 0 saturated heterocycles. The lowest BCUT2D eigenvalue weighted by atomic mass is 10.1. The number of hydrogen-bond donors (Lipinski definition) is 1. The molecule has 6 heteroatoms. The molecule has 2 aromatic heterocycles. The second-order valence-corrected chi connectivity index (χ2v) is 9.05. The SMILES string of the molecule is CCc1ccc(-c2nc(C)c(CSCC(=O)NCCc3ccc(C)nc3)s2)cc1. The highest BCUT2D eigenvalue weighted by atomic mass is 32.2. The van der Waals surface area contributed by atoms with Gasteiger partial charge in [0.15, 0.2) is 0 Å². The van der Waals surface area contributed by atoms with Crippen molar-refractivity contribution in [3.63, 3.8) is 0 Å². The first-order valence-electron chi connectivity index (χ1n) is 9.86. The molecule has 0 aliphatic heterocycles. The Labute approximate surface area is 181 Å². The van der Waals surface area contributed by atoms with E-state index in [4.69, 9.17) is 4.98 Å². The van der Waals surface area contributed by atoms with Crippen molar-refractivity contribution < 1.29 is 4.79 Å². The van der Waals surface area contributed by atoms with Gasteiger partial charge in [0.1, 0.15) is 5.01 Å². The molecule has 0 aliphatic rings. The minimum absolute atomic E-state index is 0.0765. The average molecular weight is 426 g/mol. The van der Waals surface area contributed by atoms with E-state index in [1.165, 1.54) is 10.4 Å². The number of carbonyl (C=O) groups is 1. The van der Waals surface area contributed by atoms with Gasteiger partial charge < -0.3 is 5.32 Å². The lowest BCUT2D eigenvalue weighted by Crippen LogP contribution is -2.27. The van der Waals surface area contributed by atoms with Crippen LogP contribution in [0.15, 0.2) is 42.6 Å². The Bertz CT molecular complexity index is 934. The summed E-state index contributed by atoms with van der Waals surface area (Å²) in [5, 5.41) is 4.04. The summed E-state index contributed by atoms with van der Waals surface area (Å²) in [6.45, 7) is 6.82. The number of nitrogens with zero attached hydrogens (tertiary/aromatic N) is 2. The van der Waals surface area contributed by atoms with E-state index in [9.17, 15) is 4.79 Å². The van der Waals surface area contributed by atoms with Crippen LogP contribution in [-0.4, -0.2) is 28.2 Å². The number of hydrogen-bond acceptors (Lipinski definition) is 5. The van der Waals surface area contributed by atoms with Crippen LogP contribution in [-0.2, 0) is 23.4 Å². The third-order valence-electron chi connectivity index (χ3n) is 4.68. The summed E-state index contributed by atoms with van der Waals surface area (Å²) in [5.74, 6) is 1.35. The molecule has 2 heterocycles. The first-order chi connectivity index (χ1) is 14.0. The fourth-order valence-corrected chi connectivity index (χ4v) is 4.98. The molecule has 1 N–H and O–H groups in total. The zero-order valence-corrected chi connectivity index (χ0v) is 18.8. The highest BCUT2D eigenvalue weighted by Gasteiger charge is 2.11. The van der Waals surface area contributed by atoms with Crippen molar-refractivity contribution >= 4 is 29.0 Å². The smallest absolute Gasteiger partial charge is 0.230 e. The van der Waals surface area contributed by atoms with Gasteiger partial charge in [-0.05, 0) is 43.9 Å². The molecule has 3 aromatic rings. The van der Waals surface area contributed by atoms with Crippen LogP contribution in [0.5, 0.6) is 0 Å². The molecule has 3 rings (SSSR count). The first-order valence-corrected chi connectivity index (χ1v) is 11.8. The number of amides is 1. The highest BCUT2D eigenvalue weighted by Crippen LogP contribution is 2.30. The van der Waals surface area contributed by atoms with Gasteiger partial charge in [-0.25, -0.2) is 4.98 Å². The maximum atomic E-state index is 12.1. The van der Waals surface area contributed by atoms with Crippen LogP contribution in [0.4, 0.5) is 0 Å².